The van der Waals surface area contributed by atoms with Crippen LogP contribution in [0.5, 0.6) is 11.5 Å². The van der Waals surface area contributed by atoms with E-state index in [1.165, 1.54) is 5.56 Å². The van der Waals surface area contributed by atoms with E-state index in [-0.39, 0.29) is 12.0 Å². The van der Waals surface area contributed by atoms with Crippen LogP contribution in [0.3, 0.4) is 0 Å². The number of piperidine rings is 1. The zero-order valence-corrected chi connectivity index (χ0v) is 14.2. The minimum absolute atomic E-state index is 0.124. The number of nitrogens with two attached hydrogens (primary N) is 1. The quantitative estimate of drug-likeness (QED) is 0.922. The lowest BCUT2D eigenvalue weighted by atomic mass is 9.92. The number of carbonyl (C=O) groups is 1. The molecule has 0 spiro atoms. The molecule has 130 valence electrons. The Labute approximate surface area is 143 Å². The van der Waals surface area contributed by atoms with Crippen molar-refractivity contribution in [2.75, 3.05) is 26.3 Å². The Kier molecular flexibility index (Phi) is 4.12. The van der Waals surface area contributed by atoms with Crippen LogP contribution in [0.1, 0.15) is 37.7 Å². The first kappa shape index (κ1) is 15.8. The molecule has 4 atom stereocenters. The largest absolute Gasteiger partial charge is 0.486 e. The summed E-state index contributed by atoms with van der Waals surface area (Å²) in [5.41, 5.74) is 7.23. The first-order valence-corrected chi connectivity index (χ1v) is 9.07. The van der Waals surface area contributed by atoms with Gasteiger partial charge in [-0.1, -0.05) is 6.07 Å². The predicted octanol–water partition coefficient (Wildman–Crippen LogP) is 2.15. The molecule has 0 bridgehead atoms. The molecule has 1 aliphatic carbocycles. The molecule has 0 aromatic heterocycles. The van der Waals surface area contributed by atoms with E-state index in [1.807, 2.05) is 24.0 Å². The third kappa shape index (κ3) is 2.97. The summed E-state index contributed by atoms with van der Waals surface area (Å²) in [6.07, 6.45) is 3.15. The van der Waals surface area contributed by atoms with Crippen molar-refractivity contribution in [3.8, 4) is 11.5 Å². The Morgan fingerprint density at radius 3 is 2.88 bits per heavy atom. The summed E-state index contributed by atoms with van der Waals surface area (Å²) in [4.78, 5) is 14.9. The van der Waals surface area contributed by atoms with E-state index < -0.39 is 0 Å². The summed E-state index contributed by atoms with van der Waals surface area (Å²) >= 11 is 0. The first-order valence-electron chi connectivity index (χ1n) is 9.07. The van der Waals surface area contributed by atoms with Gasteiger partial charge in [0.2, 0.25) is 5.91 Å². The van der Waals surface area contributed by atoms with Gasteiger partial charge in [0.1, 0.15) is 13.2 Å². The molecule has 5 heteroatoms. The molecule has 2 aliphatic heterocycles. The van der Waals surface area contributed by atoms with E-state index in [0.717, 1.165) is 43.9 Å². The average molecular weight is 330 g/mol. The van der Waals surface area contributed by atoms with E-state index in [4.69, 9.17) is 15.2 Å². The van der Waals surface area contributed by atoms with Crippen LogP contribution >= 0.6 is 0 Å². The molecule has 0 unspecified atom stereocenters. The predicted molar refractivity (Wildman–Crippen MR) is 91.2 cm³/mol. The summed E-state index contributed by atoms with van der Waals surface area (Å²) in [5.74, 6) is 2.81. The topological polar surface area (TPSA) is 64.8 Å². The van der Waals surface area contributed by atoms with E-state index in [1.54, 1.807) is 0 Å². The maximum Gasteiger partial charge on any atom is 0.226 e. The highest BCUT2D eigenvalue weighted by molar-refractivity contribution is 5.83. The second-order valence-electron chi connectivity index (χ2n) is 7.40. The van der Waals surface area contributed by atoms with Crippen LogP contribution in [-0.4, -0.2) is 43.2 Å². The van der Waals surface area contributed by atoms with Gasteiger partial charge in [-0.3, -0.25) is 4.79 Å². The van der Waals surface area contributed by atoms with Crippen LogP contribution in [0.25, 0.3) is 0 Å². The van der Waals surface area contributed by atoms with Gasteiger partial charge in [-0.05, 0) is 55.7 Å². The highest BCUT2D eigenvalue weighted by Crippen LogP contribution is 2.50. The molecular weight excluding hydrogens is 304 g/mol. The fourth-order valence-electron chi connectivity index (χ4n) is 4.00. The lowest BCUT2D eigenvalue weighted by Crippen LogP contribution is -2.45. The second kappa shape index (κ2) is 6.28. The van der Waals surface area contributed by atoms with Gasteiger partial charge in [-0.25, -0.2) is 0 Å². The zero-order chi connectivity index (χ0) is 16.7. The fourth-order valence-corrected chi connectivity index (χ4v) is 4.00. The molecule has 1 aromatic carbocycles. The van der Waals surface area contributed by atoms with Crippen molar-refractivity contribution in [2.24, 2.45) is 17.6 Å². The third-order valence-electron chi connectivity index (χ3n) is 5.62. The number of nitrogens with zero attached hydrogens (tertiary/aromatic N) is 1. The lowest BCUT2D eigenvalue weighted by molar-refractivity contribution is -0.134. The number of rotatable bonds is 3. The SMILES string of the molecule is C[C@H](N)[C@@H]1CCCN(C(=O)[C@@H]2C[C@H]2c2ccc3c(c2)OCCO3)C1. The number of hydrogen-bond acceptors (Lipinski definition) is 4. The van der Waals surface area contributed by atoms with Gasteiger partial charge in [0, 0.05) is 25.0 Å². The van der Waals surface area contributed by atoms with Crippen LogP contribution < -0.4 is 15.2 Å². The maximum absolute atomic E-state index is 12.8. The van der Waals surface area contributed by atoms with Crippen molar-refractivity contribution in [1.82, 2.24) is 4.90 Å². The smallest absolute Gasteiger partial charge is 0.226 e. The Bertz CT molecular complexity index is 631. The minimum Gasteiger partial charge on any atom is -0.486 e. The number of hydrogen-bond donors (Lipinski definition) is 1. The molecule has 0 radical (unpaired) electrons. The van der Waals surface area contributed by atoms with Crippen LogP contribution in [0, 0.1) is 11.8 Å². The average Bonchev–Trinajstić information content (AvgIpc) is 3.41. The number of amides is 1. The zero-order valence-electron chi connectivity index (χ0n) is 14.2. The van der Waals surface area contributed by atoms with Gasteiger partial charge >= 0.3 is 0 Å². The van der Waals surface area contributed by atoms with E-state index in [0.29, 0.717) is 31.0 Å². The van der Waals surface area contributed by atoms with E-state index in [9.17, 15) is 4.79 Å². The van der Waals surface area contributed by atoms with Gasteiger partial charge in [-0.15, -0.1) is 0 Å². The molecule has 24 heavy (non-hydrogen) atoms. The number of carbonyl (C=O) groups excluding carboxylic acids is 1. The van der Waals surface area contributed by atoms with Crippen molar-refractivity contribution in [1.29, 1.82) is 0 Å². The molecule has 2 fully saturated rings. The molecule has 5 nitrogen and oxygen atoms in total. The standard InChI is InChI=1S/C19H26N2O3/c1-12(20)14-3-2-6-21(11-14)19(22)16-10-15(16)13-4-5-17-18(9-13)24-8-7-23-17/h4-5,9,12,14-16H,2-3,6-8,10-11,20H2,1H3/t12-,14+,15-,16+/m0/s1. The van der Waals surface area contributed by atoms with Crippen molar-refractivity contribution in [3.63, 3.8) is 0 Å². The monoisotopic (exact) mass is 330 g/mol. The number of benzene rings is 1. The third-order valence-corrected chi connectivity index (χ3v) is 5.62. The molecular formula is C19H26N2O3. The molecule has 1 saturated heterocycles. The Hall–Kier alpha value is -1.75. The summed E-state index contributed by atoms with van der Waals surface area (Å²) in [7, 11) is 0. The molecule has 1 saturated carbocycles. The summed E-state index contributed by atoms with van der Waals surface area (Å²) in [6.45, 7) is 4.95. The number of ether oxygens (including phenoxy) is 2. The fraction of sp³-hybridized carbons (Fsp3) is 0.632. The second-order valence-corrected chi connectivity index (χ2v) is 7.40. The maximum atomic E-state index is 12.8. The molecule has 2 N–H and O–H groups in total. The van der Waals surface area contributed by atoms with Crippen LogP contribution in [0.15, 0.2) is 18.2 Å². The molecule has 1 aromatic rings. The van der Waals surface area contributed by atoms with Gasteiger partial charge < -0.3 is 20.1 Å². The summed E-state index contributed by atoms with van der Waals surface area (Å²) < 4.78 is 11.2. The Balaban J connectivity index is 1.41. The van der Waals surface area contributed by atoms with Crippen molar-refractivity contribution >= 4 is 5.91 Å². The minimum atomic E-state index is 0.124. The highest BCUT2D eigenvalue weighted by atomic mass is 16.6. The van der Waals surface area contributed by atoms with Gasteiger partial charge in [0.15, 0.2) is 11.5 Å². The van der Waals surface area contributed by atoms with Crippen LogP contribution in [0.2, 0.25) is 0 Å². The number of likely N-dealkylation sites (tertiary alicyclic amines) is 1. The van der Waals surface area contributed by atoms with E-state index >= 15 is 0 Å². The van der Waals surface area contributed by atoms with Crippen LogP contribution in [-0.2, 0) is 4.79 Å². The highest BCUT2D eigenvalue weighted by Gasteiger charge is 2.46. The first-order chi connectivity index (χ1) is 11.6. The van der Waals surface area contributed by atoms with Crippen LogP contribution in [0.4, 0.5) is 0 Å². The van der Waals surface area contributed by atoms with Gasteiger partial charge in [0.05, 0.1) is 0 Å². The molecule has 1 amide bonds. The van der Waals surface area contributed by atoms with Crippen molar-refractivity contribution in [2.45, 2.75) is 38.1 Å². The van der Waals surface area contributed by atoms with Gasteiger partial charge in [0.25, 0.3) is 0 Å². The molecule has 2 heterocycles. The van der Waals surface area contributed by atoms with Gasteiger partial charge in [-0.2, -0.15) is 0 Å². The lowest BCUT2D eigenvalue weighted by Gasteiger charge is -2.35. The summed E-state index contributed by atoms with van der Waals surface area (Å²) in [6, 6.07) is 6.25. The summed E-state index contributed by atoms with van der Waals surface area (Å²) in [5, 5.41) is 0. The Morgan fingerprint density at radius 1 is 1.29 bits per heavy atom. The van der Waals surface area contributed by atoms with Crippen molar-refractivity contribution < 1.29 is 14.3 Å². The molecule has 4 rings (SSSR count). The van der Waals surface area contributed by atoms with E-state index in [2.05, 4.69) is 6.07 Å². The number of fused-ring (bicyclic) bond motifs is 1. The Morgan fingerprint density at radius 2 is 2.08 bits per heavy atom. The normalized spacial score (nSPS) is 29.9. The van der Waals surface area contributed by atoms with Crippen molar-refractivity contribution in [3.05, 3.63) is 23.8 Å². The molecule has 3 aliphatic rings.